The standard InChI is InChI=1S/C10H6ClIN3/c11-7-3-1-2-6(4-7)8-5-9(12)15-10(13)14-8/h1-3,5H,(H2,13,14,15). The molecule has 3 nitrogen and oxygen atoms in total. The minimum Gasteiger partial charge on any atom is -0.368 e. The first-order valence-corrected chi connectivity index (χ1v) is 5.59. The Hall–Kier alpha value is -0.880. The van der Waals surface area contributed by atoms with Crippen LogP contribution in [0.3, 0.4) is 0 Å². The van der Waals surface area contributed by atoms with Crippen molar-refractivity contribution in [1.82, 2.24) is 9.97 Å². The number of nitrogens with two attached hydrogens (primary N) is 1. The van der Waals surface area contributed by atoms with E-state index in [1.807, 2.05) is 18.2 Å². The van der Waals surface area contributed by atoms with Crippen molar-refractivity contribution < 1.29 is 0 Å². The Kier molecular flexibility index (Phi) is 3.06. The van der Waals surface area contributed by atoms with Crippen molar-refractivity contribution in [3.8, 4) is 11.3 Å². The van der Waals surface area contributed by atoms with E-state index in [1.165, 1.54) is 0 Å². The van der Waals surface area contributed by atoms with Gasteiger partial charge >= 0.3 is 0 Å². The third-order valence-electron chi connectivity index (χ3n) is 1.75. The van der Waals surface area contributed by atoms with Crippen LogP contribution < -0.4 is 5.73 Å². The van der Waals surface area contributed by atoms with Crippen molar-refractivity contribution in [1.29, 1.82) is 0 Å². The van der Waals surface area contributed by atoms with Crippen molar-refractivity contribution in [2.75, 3.05) is 5.73 Å². The SMILES string of the molecule is Nc1nc(I)cc(-c2[c]c(Cl)ccc2)n1. The zero-order chi connectivity index (χ0) is 10.8. The van der Waals surface area contributed by atoms with Gasteiger partial charge in [-0.05, 0) is 34.7 Å². The number of halogens is 2. The Balaban J connectivity index is 2.54. The van der Waals surface area contributed by atoms with Crippen LogP contribution in [0.1, 0.15) is 0 Å². The maximum atomic E-state index is 5.84. The van der Waals surface area contributed by atoms with Crippen LogP contribution >= 0.6 is 34.2 Å². The van der Waals surface area contributed by atoms with Crippen LogP contribution in [0, 0.1) is 9.77 Å². The largest absolute Gasteiger partial charge is 0.368 e. The molecule has 0 aliphatic rings. The molecule has 75 valence electrons. The molecule has 0 aliphatic carbocycles. The maximum Gasteiger partial charge on any atom is 0.221 e. The van der Waals surface area contributed by atoms with Crippen LogP contribution in [-0.4, -0.2) is 9.97 Å². The Morgan fingerprint density at radius 3 is 2.80 bits per heavy atom. The quantitative estimate of drug-likeness (QED) is 0.646. The summed E-state index contributed by atoms with van der Waals surface area (Å²) in [6, 6.07) is 10.3. The minimum atomic E-state index is 0.255. The lowest BCUT2D eigenvalue weighted by Gasteiger charge is -2.02. The molecule has 2 aromatic rings. The molecular weight excluding hydrogens is 324 g/mol. The predicted octanol–water partition coefficient (Wildman–Crippen LogP) is 2.78. The molecule has 0 saturated heterocycles. The van der Waals surface area contributed by atoms with Crippen molar-refractivity contribution in [2.24, 2.45) is 0 Å². The molecule has 0 amide bonds. The number of benzene rings is 1. The molecule has 0 aliphatic heterocycles. The second-order valence-electron chi connectivity index (χ2n) is 2.85. The second-order valence-corrected chi connectivity index (χ2v) is 4.36. The number of hydrogen-bond acceptors (Lipinski definition) is 3. The smallest absolute Gasteiger partial charge is 0.221 e. The van der Waals surface area contributed by atoms with E-state index in [2.05, 4.69) is 38.6 Å². The summed E-state index contributed by atoms with van der Waals surface area (Å²) in [5.41, 5.74) is 7.11. The highest BCUT2D eigenvalue weighted by Crippen LogP contribution is 2.21. The molecule has 1 radical (unpaired) electrons. The molecule has 0 spiro atoms. The predicted molar refractivity (Wildman–Crippen MR) is 68.4 cm³/mol. The number of aromatic nitrogens is 2. The molecule has 2 rings (SSSR count). The lowest BCUT2D eigenvalue weighted by atomic mass is 10.1. The summed E-state index contributed by atoms with van der Waals surface area (Å²) >= 11 is 7.93. The van der Waals surface area contributed by atoms with E-state index in [0.717, 1.165) is 15.0 Å². The Labute approximate surface area is 106 Å². The van der Waals surface area contributed by atoms with E-state index in [4.69, 9.17) is 17.3 Å². The third-order valence-corrected chi connectivity index (χ3v) is 2.52. The van der Waals surface area contributed by atoms with Crippen LogP contribution in [0.4, 0.5) is 5.95 Å². The average Bonchev–Trinajstić information content (AvgIpc) is 2.16. The highest BCUT2D eigenvalue weighted by atomic mass is 127. The first-order valence-electron chi connectivity index (χ1n) is 4.13. The molecule has 0 atom stereocenters. The van der Waals surface area contributed by atoms with Gasteiger partial charge in [0.05, 0.1) is 5.69 Å². The topological polar surface area (TPSA) is 51.8 Å². The molecule has 0 fully saturated rings. The lowest BCUT2D eigenvalue weighted by Crippen LogP contribution is -1.98. The first kappa shape index (κ1) is 10.6. The van der Waals surface area contributed by atoms with Gasteiger partial charge < -0.3 is 5.73 Å². The summed E-state index contributed by atoms with van der Waals surface area (Å²) in [6.07, 6.45) is 0. The van der Waals surface area contributed by atoms with Gasteiger partial charge in [-0.25, -0.2) is 9.97 Å². The number of rotatable bonds is 1. The molecule has 1 aromatic heterocycles. The van der Waals surface area contributed by atoms with Crippen molar-refractivity contribution in [3.63, 3.8) is 0 Å². The van der Waals surface area contributed by atoms with E-state index < -0.39 is 0 Å². The van der Waals surface area contributed by atoms with Gasteiger partial charge in [-0.1, -0.05) is 23.7 Å². The highest BCUT2D eigenvalue weighted by molar-refractivity contribution is 14.1. The molecule has 1 heterocycles. The normalized spacial score (nSPS) is 10.3. The maximum absolute atomic E-state index is 5.84. The molecular formula is C10H6ClIN3. The summed E-state index contributed by atoms with van der Waals surface area (Å²) in [4.78, 5) is 8.11. The van der Waals surface area contributed by atoms with Gasteiger partial charge in [-0.2, -0.15) is 0 Å². The summed E-state index contributed by atoms with van der Waals surface area (Å²) in [5, 5.41) is 0.555. The number of anilines is 1. The molecule has 0 bridgehead atoms. The second kappa shape index (κ2) is 4.32. The highest BCUT2D eigenvalue weighted by Gasteiger charge is 2.03. The summed E-state index contributed by atoms with van der Waals surface area (Å²) in [6.45, 7) is 0. The van der Waals surface area contributed by atoms with Crippen molar-refractivity contribution in [2.45, 2.75) is 0 Å². The molecule has 5 heteroatoms. The van der Waals surface area contributed by atoms with Gasteiger partial charge in [0.1, 0.15) is 3.70 Å². The first-order chi connectivity index (χ1) is 7.15. The monoisotopic (exact) mass is 330 g/mol. The van der Waals surface area contributed by atoms with Crippen LogP contribution in [-0.2, 0) is 0 Å². The van der Waals surface area contributed by atoms with Gasteiger partial charge in [-0.15, -0.1) is 0 Å². The van der Waals surface area contributed by atoms with E-state index in [-0.39, 0.29) is 5.95 Å². The van der Waals surface area contributed by atoms with Crippen molar-refractivity contribution in [3.05, 3.63) is 39.1 Å². The van der Waals surface area contributed by atoms with Crippen LogP contribution in [0.2, 0.25) is 5.02 Å². The van der Waals surface area contributed by atoms with Crippen LogP contribution in [0.5, 0.6) is 0 Å². The van der Waals surface area contributed by atoms with Gasteiger partial charge in [0.15, 0.2) is 0 Å². The van der Waals surface area contributed by atoms with Gasteiger partial charge in [0.25, 0.3) is 0 Å². The zero-order valence-corrected chi connectivity index (χ0v) is 10.5. The molecule has 0 unspecified atom stereocenters. The average molecular weight is 331 g/mol. The van der Waals surface area contributed by atoms with Crippen molar-refractivity contribution >= 4 is 40.1 Å². The number of nitrogens with zero attached hydrogens (tertiary/aromatic N) is 2. The fourth-order valence-corrected chi connectivity index (χ4v) is 1.88. The lowest BCUT2D eigenvalue weighted by molar-refractivity contribution is 1.16. The zero-order valence-electron chi connectivity index (χ0n) is 7.54. The molecule has 15 heavy (non-hydrogen) atoms. The Morgan fingerprint density at radius 1 is 1.33 bits per heavy atom. The molecule has 1 aromatic carbocycles. The van der Waals surface area contributed by atoms with E-state index in [0.29, 0.717) is 5.02 Å². The fraction of sp³-hybridized carbons (Fsp3) is 0. The van der Waals surface area contributed by atoms with Gasteiger partial charge in [0.2, 0.25) is 5.95 Å². The number of nitrogen functional groups attached to an aromatic ring is 1. The summed E-state index contributed by atoms with van der Waals surface area (Å²) < 4.78 is 0.795. The number of hydrogen-bond donors (Lipinski definition) is 1. The van der Waals surface area contributed by atoms with Crippen LogP contribution in [0.25, 0.3) is 11.3 Å². The Morgan fingerprint density at radius 2 is 2.13 bits per heavy atom. The summed E-state index contributed by atoms with van der Waals surface area (Å²) in [7, 11) is 0. The summed E-state index contributed by atoms with van der Waals surface area (Å²) in [5.74, 6) is 0.255. The molecule has 2 N–H and O–H groups in total. The third kappa shape index (κ3) is 2.57. The molecule has 0 saturated carbocycles. The van der Waals surface area contributed by atoms with Gasteiger partial charge in [0, 0.05) is 16.7 Å². The van der Waals surface area contributed by atoms with Crippen LogP contribution in [0.15, 0.2) is 24.3 Å². The van der Waals surface area contributed by atoms with E-state index in [1.54, 1.807) is 6.07 Å². The van der Waals surface area contributed by atoms with Gasteiger partial charge in [-0.3, -0.25) is 0 Å². The fourth-order valence-electron chi connectivity index (χ4n) is 1.16. The van der Waals surface area contributed by atoms with E-state index >= 15 is 0 Å². The van der Waals surface area contributed by atoms with E-state index in [9.17, 15) is 0 Å². The Bertz CT molecular complexity index is 482. The minimum absolute atomic E-state index is 0.255.